The molecule has 0 saturated carbocycles. The third-order valence-corrected chi connectivity index (χ3v) is 4.83. The molecular formula is C24H19ClN2O. The molecule has 0 atom stereocenters. The summed E-state index contributed by atoms with van der Waals surface area (Å²) in [5, 5.41) is 4.52. The number of anilines is 1. The Morgan fingerprint density at radius 2 is 1.57 bits per heavy atom. The minimum absolute atomic E-state index is 0.154. The summed E-state index contributed by atoms with van der Waals surface area (Å²) >= 11 is 6.01. The van der Waals surface area contributed by atoms with E-state index in [1.54, 1.807) is 0 Å². The van der Waals surface area contributed by atoms with Crippen molar-refractivity contribution in [2.75, 3.05) is 5.32 Å². The van der Waals surface area contributed by atoms with Crippen molar-refractivity contribution in [1.29, 1.82) is 0 Å². The number of hydrogen-bond acceptors (Lipinski definition) is 2. The zero-order valence-corrected chi connectivity index (χ0v) is 16.4. The van der Waals surface area contributed by atoms with E-state index in [0.717, 1.165) is 39.0 Å². The molecule has 0 spiro atoms. The van der Waals surface area contributed by atoms with Crippen LogP contribution in [0, 0.1) is 13.8 Å². The number of nitrogens with zero attached hydrogens (tertiary/aromatic N) is 1. The Bertz CT molecular complexity index is 1160. The van der Waals surface area contributed by atoms with E-state index in [2.05, 4.69) is 11.4 Å². The molecule has 4 aromatic rings. The molecule has 0 radical (unpaired) electrons. The molecule has 0 fully saturated rings. The maximum absolute atomic E-state index is 13.1. The maximum atomic E-state index is 13.1. The molecule has 28 heavy (non-hydrogen) atoms. The van der Waals surface area contributed by atoms with Crippen molar-refractivity contribution in [2.24, 2.45) is 0 Å². The van der Waals surface area contributed by atoms with Gasteiger partial charge in [-0.15, -0.1) is 0 Å². The minimum atomic E-state index is -0.154. The van der Waals surface area contributed by atoms with Crippen LogP contribution in [0.3, 0.4) is 0 Å². The molecule has 0 saturated heterocycles. The van der Waals surface area contributed by atoms with E-state index in [0.29, 0.717) is 10.6 Å². The largest absolute Gasteiger partial charge is 0.322 e. The first-order valence-electron chi connectivity index (χ1n) is 9.05. The average Bonchev–Trinajstić information content (AvgIpc) is 2.67. The van der Waals surface area contributed by atoms with Gasteiger partial charge in [-0.1, -0.05) is 48.0 Å². The standard InChI is InChI=1S/C24H19ClN2O/c1-15-11-16(2)13-19(12-15)26-24(28)21-14-23(17-7-9-18(25)10-8-17)27-22-6-4-3-5-20(21)22/h3-14H,1-2H3,(H,26,28). The third-order valence-electron chi connectivity index (χ3n) is 4.58. The van der Waals surface area contributed by atoms with Crippen molar-refractivity contribution in [3.05, 3.63) is 94.5 Å². The molecule has 1 heterocycles. The van der Waals surface area contributed by atoms with E-state index in [9.17, 15) is 4.79 Å². The molecule has 0 unspecified atom stereocenters. The SMILES string of the molecule is Cc1cc(C)cc(NC(=O)c2cc(-c3ccc(Cl)cc3)nc3ccccc23)c1. The van der Waals surface area contributed by atoms with Gasteiger partial charge in [0.05, 0.1) is 16.8 Å². The Balaban J connectivity index is 1.80. The van der Waals surface area contributed by atoms with Crippen LogP contribution in [0.1, 0.15) is 21.5 Å². The second-order valence-electron chi connectivity index (χ2n) is 6.91. The van der Waals surface area contributed by atoms with Crippen molar-refractivity contribution in [2.45, 2.75) is 13.8 Å². The first kappa shape index (κ1) is 18.2. The molecule has 3 aromatic carbocycles. The van der Waals surface area contributed by atoms with E-state index in [1.165, 1.54) is 0 Å². The van der Waals surface area contributed by atoms with E-state index in [1.807, 2.05) is 80.6 Å². The lowest BCUT2D eigenvalue weighted by Gasteiger charge is -2.12. The molecule has 3 nitrogen and oxygen atoms in total. The number of aromatic nitrogens is 1. The normalized spacial score (nSPS) is 10.8. The lowest BCUT2D eigenvalue weighted by molar-refractivity contribution is 0.102. The number of pyridine rings is 1. The van der Waals surface area contributed by atoms with Gasteiger partial charge in [-0.2, -0.15) is 0 Å². The fourth-order valence-electron chi connectivity index (χ4n) is 3.38. The predicted octanol–water partition coefficient (Wildman–Crippen LogP) is 6.42. The van der Waals surface area contributed by atoms with Gasteiger partial charge in [0.15, 0.2) is 0 Å². The van der Waals surface area contributed by atoms with Crippen LogP contribution in [0.4, 0.5) is 5.69 Å². The fraction of sp³-hybridized carbons (Fsp3) is 0.0833. The number of carbonyl (C=O) groups excluding carboxylic acids is 1. The average molecular weight is 387 g/mol. The van der Waals surface area contributed by atoms with Gasteiger partial charge in [-0.3, -0.25) is 4.79 Å². The van der Waals surface area contributed by atoms with Crippen LogP contribution in [0.15, 0.2) is 72.8 Å². The Hall–Kier alpha value is -3.17. The first-order valence-corrected chi connectivity index (χ1v) is 9.43. The number of fused-ring (bicyclic) bond motifs is 1. The molecule has 138 valence electrons. The van der Waals surface area contributed by atoms with Gasteiger partial charge in [-0.05, 0) is 61.4 Å². The molecule has 1 amide bonds. The van der Waals surface area contributed by atoms with Gasteiger partial charge in [-0.25, -0.2) is 4.98 Å². The molecule has 1 N–H and O–H groups in total. The summed E-state index contributed by atoms with van der Waals surface area (Å²) in [6, 6.07) is 23.0. The van der Waals surface area contributed by atoms with Crippen LogP contribution in [-0.4, -0.2) is 10.9 Å². The predicted molar refractivity (Wildman–Crippen MR) is 116 cm³/mol. The highest BCUT2D eigenvalue weighted by Crippen LogP contribution is 2.27. The van der Waals surface area contributed by atoms with Crippen molar-refractivity contribution in [3.8, 4) is 11.3 Å². The summed E-state index contributed by atoms with van der Waals surface area (Å²) in [4.78, 5) is 17.9. The number of carbonyl (C=O) groups is 1. The van der Waals surface area contributed by atoms with E-state index in [-0.39, 0.29) is 5.91 Å². The van der Waals surface area contributed by atoms with Crippen LogP contribution in [0.5, 0.6) is 0 Å². The lowest BCUT2D eigenvalue weighted by atomic mass is 10.0. The van der Waals surface area contributed by atoms with Crippen LogP contribution < -0.4 is 5.32 Å². The molecule has 0 aliphatic carbocycles. The van der Waals surface area contributed by atoms with Gasteiger partial charge in [0.2, 0.25) is 0 Å². The van der Waals surface area contributed by atoms with Crippen LogP contribution in [-0.2, 0) is 0 Å². The quantitative estimate of drug-likeness (QED) is 0.441. The molecule has 0 aliphatic heterocycles. The highest BCUT2D eigenvalue weighted by atomic mass is 35.5. The Kier molecular flexibility index (Phi) is 4.84. The van der Waals surface area contributed by atoms with E-state index in [4.69, 9.17) is 16.6 Å². The second kappa shape index (κ2) is 7.45. The van der Waals surface area contributed by atoms with Gasteiger partial charge >= 0.3 is 0 Å². The highest BCUT2D eigenvalue weighted by Gasteiger charge is 2.14. The monoisotopic (exact) mass is 386 g/mol. The summed E-state index contributed by atoms with van der Waals surface area (Å²) in [5.41, 5.74) is 6.02. The maximum Gasteiger partial charge on any atom is 0.256 e. The fourth-order valence-corrected chi connectivity index (χ4v) is 3.50. The zero-order valence-electron chi connectivity index (χ0n) is 15.7. The molecule has 0 aliphatic rings. The van der Waals surface area contributed by atoms with Crippen molar-refractivity contribution in [3.63, 3.8) is 0 Å². The van der Waals surface area contributed by atoms with Gasteiger partial charge in [0.1, 0.15) is 0 Å². The first-order chi connectivity index (χ1) is 13.5. The molecular weight excluding hydrogens is 368 g/mol. The van der Waals surface area contributed by atoms with Crippen molar-refractivity contribution < 1.29 is 4.79 Å². The molecule has 0 bridgehead atoms. The van der Waals surface area contributed by atoms with Crippen LogP contribution in [0.25, 0.3) is 22.2 Å². The number of hydrogen-bond donors (Lipinski definition) is 1. The topological polar surface area (TPSA) is 42.0 Å². The van der Waals surface area contributed by atoms with E-state index < -0.39 is 0 Å². The van der Waals surface area contributed by atoms with E-state index >= 15 is 0 Å². The number of benzene rings is 3. The molecule has 4 heteroatoms. The number of para-hydroxylation sites is 1. The number of rotatable bonds is 3. The van der Waals surface area contributed by atoms with Gasteiger partial charge < -0.3 is 5.32 Å². The number of halogens is 1. The number of amides is 1. The smallest absolute Gasteiger partial charge is 0.256 e. The molecule has 1 aromatic heterocycles. The Labute approximate surface area is 169 Å². The van der Waals surface area contributed by atoms with Gasteiger partial charge in [0, 0.05) is 21.7 Å². The van der Waals surface area contributed by atoms with Gasteiger partial charge in [0.25, 0.3) is 5.91 Å². The summed E-state index contributed by atoms with van der Waals surface area (Å²) in [7, 11) is 0. The Morgan fingerprint density at radius 1 is 0.893 bits per heavy atom. The van der Waals surface area contributed by atoms with Crippen LogP contribution >= 0.6 is 11.6 Å². The van der Waals surface area contributed by atoms with Crippen LogP contribution in [0.2, 0.25) is 5.02 Å². The summed E-state index contributed by atoms with van der Waals surface area (Å²) in [6.45, 7) is 4.03. The summed E-state index contributed by atoms with van der Waals surface area (Å²) in [6.07, 6.45) is 0. The van der Waals surface area contributed by atoms with Crippen molar-refractivity contribution >= 4 is 34.1 Å². The second-order valence-corrected chi connectivity index (χ2v) is 7.35. The minimum Gasteiger partial charge on any atom is -0.322 e. The molecule has 4 rings (SSSR count). The van der Waals surface area contributed by atoms with Crippen molar-refractivity contribution in [1.82, 2.24) is 4.98 Å². The third kappa shape index (κ3) is 3.75. The lowest BCUT2D eigenvalue weighted by Crippen LogP contribution is -2.13. The summed E-state index contributed by atoms with van der Waals surface area (Å²) < 4.78 is 0. The Morgan fingerprint density at radius 3 is 2.29 bits per heavy atom. The summed E-state index contributed by atoms with van der Waals surface area (Å²) in [5.74, 6) is -0.154. The number of nitrogens with one attached hydrogen (secondary N) is 1. The number of aryl methyl sites for hydroxylation is 2. The highest BCUT2D eigenvalue weighted by molar-refractivity contribution is 6.30. The zero-order chi connectivity index (χ0) is 19.7.